The average molecular weight is 472 g/mol. The number of rotatable bonds is 6. The molecular formula is C29H33N3O3. The molecule has 0 spiro atoms. The molecule has 4 heterocycles. The van der Waals surface area contributed by atoms with Crippen molar-refractivity contribution in [1.82, 2.24) is 9.80 Å². The van der Waals surface area contributed by atoms with Gasteiger partial charge in [0, 0.05) is 48.9 Å². The summed E-state index contributed by atoms with van der Waals surface area (Å²) in [5, 5.41) is 0. The van der Waals surface area contributed by atoms with E-state index in [4.69, 9.17) is 9.15 Å². The second-order valence-corrected chi connectivity index (χ2v) is 9.91. The standard InChI is InChI=1S/C29H33N3O3/c1-3-30(4-2)29(33)21-9-12-26-28(15-21)35-27-8-6-5-7-25(27)32(26)24-16-22-10-11-23(17-24)31(22)18-20-13-14-34-19-20/h5-9,12-15,19,22-24H,3-4,10-11,16-18H2,1-2H3. The maximum atomic E-state index is 13.0. The number of hydrogen-bond acceptors (Lipinski definition) is 5. The Balaban J connectivity index is 1.32. The van der Waals surface area contributed by atoms with E-state index in [1.165, 1.54) is 18.4 Å². The van der Waals surface area contributed by atoms with Crippen LogP contribution in [0, 0.1) is 0 Å². The number of furan rings is 1. The number of nitrogens with zero attached hydrogens (tertiary/aromatic N) is 3. The van der Waals surface area contributed by atoms with Crippen LogP contribution < -0.4 is 9.64 Å². The van der Waals surface area contributed by atoms with E-state index < -0.39 is 0 Å². The van der Waals surface area contributed by atoms with Crippen molar-refractivity contribution >= 4 is 17.3 Å². The molecule has 182 valence electrons. The highest BCUT2D eigenvalue weighted by atomic mass is 16.5. The molecule has 2 atom stereocenters. The summed E-state index contributed by atoms with van der Waals surface area (Å²) in [5.41, 5.74) is 4.12. The topological polar surface area (TPSA) is 49.2 Å². The highest BCUT2D eigenvalue weighted by molar-refractivity contribution is 5.96. The Labute approximate surface area is 207 Å². The Bertz CT molecular complexity index is 1190. The van der Waals surface area contributed by atoms with Crippen LogP contribution in [0.15, 0.2) is 65.5 Å². The van der Waals surface area contributed by atoms with Gasteiger partial charge in [-0.2, -0.15) is 0 Å². The Morgan fingerprint density at radius 1 is 0.943 bits per heavy atom. The molecule has 2 fully saturated rings. The maximum Gasteiger partial charge on any atom is 0.253 e. The van der Waals surface area contributed by atoms with E-state index in [0.717, 1.165) is 42.3 Å². The first-order valence-electron chi connectivity index (χ1n) is 12.9. The van der Waals surface area contributed by atoms with Crippen molar-refractivity contribution in [3.05, 3.63) is 72.2 Å². The quantitative estimate of drug-likeness (QED) is 0.428. The molecule has 35 heavy (non-hydrogen) atoms. The number of benzene rings is 2. The zero-order chi connectivity index (χ0) is 23.9. The van der Waals surface area contributed by atoms with Crippen molar-refractivity contribution < 1.29 is 13.9 Å². The van der Waals surface area contributed by atoms with E-state index >= 15 is 0 Å². The summed E-state index contributed by atoms with van der Waals surface area (Å²) in [5.74, 6) is 1.69. The number of carbonyl (C=O) groups is 1. The second kappa shape index (κ2) is 9.08. The van der Waals surface area contributed by atoms with Gasteiger partial charge < -0.3 is 19.0 Å². The zero-order valence-electron chi connectivity index (χ0n) is 20.5. The lowest BCUT2D eigenvalue weighted by atomic mass is 9.93. The van der Waals surface area contributed by atoms with Gasteiger partial charge in [-0.1, -0.05) is 12.1 Å². The van der Waals surface area contributed by atoms with Crippen LogP contribution in [0.25, 0.3) is 0 Å². The van der Waals surface area contributed by atoms with Gasteiger partial charge in [0.15, 0.2) is 11.5 Å². The van der Waals surface area contributed by atoms with Crippen molar-refractivity contribution in [3.63, 3.8) is 0 Å². The molecule has 0 aliphatic carbocycles. The van der Waals surface area contributed by atoms with Crippen molar-refractivity contribution in [2.24, 2.45) is 0 Å². The maximum absolute atomic E-state index is 13.0. The van der Waals surface area contributed by atoms with Gasteiger partial charge >= 0.3 is 0 Å². The normalized spacial score (nSPS) is 22.9. The first-order chi connectivity index (χ1) is 17.2. The van der Waals surface area contributed by atoms with Gasteiger partial charge in [0.05, 0.1) is 23.9 Å². The fraction of sp³-hybridized carbons (Fsp3) is 0.414. The minimum Gasteiger partial charge on any atom is -0.472 e. The molecule has 6 heteroatoms. The molecule has 1 aromatic heterocycles. The van der Waals surface area contributed by atoms with E-state index in [9.17, 15) is 4.79 Å². The van der Waals surface area contributed by atoms with E-state index in [0.29, 0.717) is 36.8 Å². The monoisotopic (exact) mass is 471 g/mol. The third-order valence-corrected chi connectivity index (χ3v) is 8.03. The van der Waals surface area contributed by atoms with Gasteiger partial charge in [0.1, 0.15) is 0 Å². The molecule has 3 aliphatic rings. The molecule has 3 aromatic rings. The van der Waals surface area contributed by atoms with Crippen LogP contribution in [0.3, 0.4) is 0 Å². The fourth-order valence-electron chi connectivity index (χ4n) is 6.31. The predicted octanol–water partition coefficient (Wildman–Crippen LogP) is 6.20. The van der Waals surface area contributed by atoms with Crippen LogP contribution in [-0.2, 0) is 6.54 Å². The van der Waals surface area contributed by atoms with Crippen LogP contribution in [0.5, 0.6) is 11.5 Å². The van der Waals surface area contributed by atoms with E-state index in [-0.39, 0.29) is 5.91 Å². The zero-order valence-corrected chi connectivity index (χ0v) is 20.5. The van der Waals surface area contributed by atoms with Gasteiger partial charge in [0.25, 0.3) is 5.91 Å². The number of amides is 1. The molecule has 0 saturated carbocycles. The average Bonchev–Trinajstić information content (AvgIpc) is 3.47. The molecule has 0 radical (unpaired) electrons. The SMILES string of the molecule is CCN(CC)C(=O)c1ccc2c(c1)Oc1ccccc1N2C1CC2CCC(C1)N2Cc1ccoc1. The molecule has 0 N–H and O–H groups in total. The van der Waals surface area contributed by atoms with E-state index in [1.807, 2.05) is 49.3 Å². The third kappa shape index (κ3) is 3.90. The van der Waals surface area contributed by atoms with Gasteiger partial charge in [-0.15, -0.1) is 0 Å². The minimum absolute atomic E-state index is 0.0532. The molecule has 2 aromatic carbocycles. The third-order valence-electron chi connectivity index (χ3n) is 8.03. The number of fused-ring (bicyclic) bond motifs is 4. The highest BCUT2D eigenvalue weighted by Gasteiger charge is 2.44. The lowest BCUT2D eigenvalue weighted by Gasteiger charge is -2.46. The Hall–Kier alpha value is -3.25. The van der Waals surface area contributed by atoms with E-state index in [1.54, 1.807) is 6.26 Å². The van der Waals surface area contributed by atoms with Crippen LogP contribution in [-0.4, -0.2) is 46.9 Å². The number of carbonyl (C=O) groups excluding carboxylic acids is 1. The van der Waals surface area contributed by atoms with E-state index in [2.05, 4.69) is 34.1 Å². The lowest BCUT2D eigenvalue weighted by Crippen LogP contribution is -2.49. The highest BCUT2D eigenvalue weighted by Crippen LogP contribution is 2.51. The lowest BCUT2D eigenvalue weighted by molar-refractivity contribution is 0.0772. The van der Waals surface area contributed by atoms with Crippen LogP contribution in [0.4, 0.5) is 11.4 Å². The summed E-state index contributed by atoms with van der Waals surface area (Å²) < 4.78 is 11.7. The van der Waals surface area contributed by atoms with Crippen molar-refractivity contribution in [2.75, 3.05) is 18.0 Å². The Morgan fingerprint density at radius 2 is 1.69 bits per heavy atom. The van der Waals surface area contributed by atoms with Crippen LogP contribution in [0.2, 0.25) is 0 Å². The summed E-state index contributed by atoms with van der Waals surface area (Å²) in [6.45, 7) is 6.39. The smallest absolute Gasteiger partial charge is 0.253 e. The minimum atomic E-state index is 0.0532. The number of piperidine rings is 1. The number of anilines is 2. The Morgan fingerprint density at radius 3 is 2.40 bits per heavy atom. The molecule has 6 rings (SSSR count). The second-order valence-electron chi connectivity index (χ2n) is 9.91. The summed E-state index contributed by atoms with van der Waals surface area (Å²) in [6, 6.07) is 17.9. The Kier molecular flexibility index (Phi) is 5.77. The first kappa shape index (κ1) is 22.2. The predicted molar refractivity (Wildman–Crippen MR) is 136 cm³/mol. The molecule has 1 amide bonds. The molecular weight excluding hydrogens is 438 g/mol. The molecule has 3 aliphatic heterocycles. The largest absolute Gasteiger partial charge is 0.472 e. The molecule has 2 bridgehead atoms. The van der Waals surface area contributed by atoms with Crippen LogP contribution in [0.1, 0.15) is 55.5 Å². The molecule has 2 unspecified atom stereocenters. The van der Waals surface area contributed by atoms with Gasteiger partial charge in [-0.3, -0.25) is 9.69 Å². The summed E-state index contributed by atoms with van der Waals surface area (Å²) in [4.78, 5) is 20.0. The fourth-order valence-corrected chi connectivity index (χ4v) is 6.31. The summed E-state index contributed by atoms with van der Waals surface area (Å²) in [7, 11) is 0. The molecule has 2 saturated heterocycles. The molecule has 6 nitrogen and oxygen atoms in total. The van der Waals surface area contributed by atoms with Crippen LogP contribution >= 0.6 is 0 Å². The summed E-state index contributed by atoms with van der Waals surface area (Å²) in [6.07, 6.45) is 8.36. The van der Waals surface area contributed by atoms with Gasteiger partial charge in [0.2, 0.25) is 0 Å². The van der Waals surface area contributed by atoms with Gasteiger partial charge in [-0.25, -0.2) is 0 Å². The summed E-state index contributed by atoms with van der Waals surface area (Å²) >= 11 is 0. The van der Waals surface area contributed by atoms with Crippen molar-refractivity contribution in [2.45, 2.75) is 64.2 Å². The van der Waals surface area contributed by atoms with Crippen molar-refractivity contribution in [1.29, 1.82) is 0 Å². The van der Waals surface area contributed by atoms with Gasteiger partial charge in [-0.05, 0) is 75.9 Å². The first-order valence-corrected chi connectivity index (χ1v) is 12.9. The number of hydrogen-bond donors (Lipinski definition) is 0. The van der Waals surface area contributed by atoms with Crippen molar-refractivity contribution in [3.8, 4) is 11.5 Å². The number of para-hydroxylation sites is 2. The number of ether oxygens (including phenoxy) is 1.